The van der Waals surface area contributed by atoms with Gasteiger partial charge in [-0.25, -0.2) is 13.7 Å². The monoisotopic (exact) mass is 342 g/mol. The Morgan fingerprint density at radius 2 is 1.68 bits per heavy atom. The summed E-state index contributed by atoms with van der Waals surface area (Å²) in [5.41, 5.74) is 0.620. The molecule has 2 atom stereocenters. The zero-order chi connectivity index (χ0) is 17.6. The fourth-order valence-electron chi connectivity index (χ4n) is 3.00. The first-order chi connectivity index (χ1) is 12.1. The lowest BCUT2D eigenvalue weighted by Crippen LogP contribution is -2.39. The van der Waals surface area contributed by atoms with Gasteiger partial charge in [-0.05, 0) is 30.3 Å². The van der Waals surface area contributed by atoms with Crippen LogP contribution in [0.5, 0.6) is 0 Å². The number of rotatable bonds is 3. The number of fused-ring (bicyclic) bond motifs is 1. The summed E-state index contributed by atoms with van der Waals surface area (Å²) >= 11 is 0. The van der Waals surface area contributed by atoms with Gasteiger partial charge in [0.2, 0.25) is 0 Å². The lowest BCUT2D eigenvalue weighted by Gasteiger charge is -2.20. The molecule has 0 spiro atoms. The molecule has 0 bridgehead atoms. The summed E-state index contributed by atoms with van der Waals surface area (Å²) in [4.78, 5) is 26.2. The molecular weight excluding hydrogens is 330 g/mol. The lowest BCUT2D eigenvalue weighted by atomic mass is 10.1. The van der Waals surface area contributed by atoms with Crippen molar-refractivity contribution < 1.29 is 18.4 Å². The molecule has 2 aliphatic rings. The fraction of sp³-hybridized carbons (Fsp3) is 0.176. The number of amides is 2. The van der Waals surface area contributed by atoms with Crippen LogP contribution in [0.15, 0.2) is 58.9 Å². The van der Waals surface area contributed by atoms with Crippen molar-refractivity contribution in [3.8, 4) is 0 Å². The highest BCUT2D eigenvalue weighted by molar-refractivity contribution is 6.25. The second kappa shape index (κ2) is 5.73. The molecule has 0 aromatic heterocycles. The van der Waals surface area contributed by atoms with Gasteiger partial charge in [-0.1, -0.05) is 23.4 Å². The Hall–Kier alpha value is -3.16. The van der Waals surface area contributed by atoms with Crippen LogP contribution in [-0.4, -0.2) is 28.9 Å². The largest absolute Gasteiger partial charge is 0.271 e. The molecular formula is C17H12F2N4O2. The Morgan fingerprint density at radius 1 is 0.960 bits per heavy atom. The molecule has 6 nitrogen and oxygen atoms in total. The summed E-state index contributed by atoms with van der Waals surface area (Å²) in [6.45, 7) is 0.0214. The fourth-order valence-corrected chi connectivity index (χ4v) is 3.00. The Morgan fingerprint density at radius 3 is 2.40 bits per heavy atom. The van der Waals surface area contributed by atoms with Crippen molar-refractivity contribution in [2.45, 2.75) is 18.6 Å². The van der Waals surface area contributed by atoms with Crippen molar-refractivity contribution in [3.63, 3.8) is 0 Å². The molecule has 1 saturated heterocycles. The van der Waals surface area contributed by atoms with E-state index in [4.69, 9.17) is 0 Å². The zero-order valence-corrected chi connectivity index (χ0v) is 12.8. The van der Waals surface area contributed by atoms with Gasteiger partial charge in [0.05, 0.1) is 12.2 Å². The van der Waals surface area contributed by atoms with E-state index in [1.807, 2.05) is 0 Å². The van der Waals surface area contributed by atoms with Gasteiger partial charge in [-0.2, -0.15) is 5.11 Å². The highest BCUT2D eigenvalue weighted by Gasteiger charge is 2.54. The number of hydrogen-bond donors (Lipinski definition) is 0. The molecule has 2 aromatic rings. The van der Waals surface area contributed by atoms with Crippen LogP contribution in [0.25, 0.3) is 0 Å². The van der Waals surface area contributed by atoms with Crippen LogP contribution in [0.3, 0.4) is 0 Å². The highest BCUT2D eigenvalue weighted by Crippen LogP contribution is 2.32. The van der Waals surface area contributed by atoms with Gasteiger partial charge in [0.25, 0.3) is 11.8 Å². The third kappa shape index (κ3) is 2.46. The van der Waals surface area contributed by atoms with Gasteiger partial charge in [0, 0.05) is 5.56 Å². The van der Waals surface area contributed by atoms with E-state index in [-0.39, 0.29) is 12.2 Å². The maximum absolute atomic E-state index is 13.8. The first-order valence-electron chi connectivity index (χ1n) is 7.60. The summed E-state index contributed by atoms with van der Waals surface area (Å²) in [6, 6.07) is 9.29. The third-order valence-electron chi connectivity index (χ3n) is 4.23. The molecule has 0 radical (unpaired) electrons. The maximum Gasteiger partial charge on any atom is 0.263 e. The van der Waals surface area contributed by atoms with Crippen molar-refractivity contribution >= 4 is 17.5 Å². The van der Waals surface area contributed by atoms with Gasteiger partial charge >= 0.3 is 0 Å². The molecule has 2 aliphatic heterocycles. The number of anilines is 1. The number of imide groups is 1. The standard InChI is InChI=1S/C17H12F2N4O2/c18-11-5-7-12(8-6-11)23-16(24)14-15(17(23)25)22(21-20-14)9-10-3-1-2-4-13(10)19/h1-8,14-15H,9H2. The quantitative estimate of drug-likeness (QED) is 0.805. The van der Waals surface area contributed by atoms with Gasteiger partial charge in [-0.15, -0.1) is 0 Å². The molecule has 8 heteroatoms. The molecule has 25 heavy (non-hydrogen) atoms. The molecule has 2 heterocycles. The topological polar surface area (TPSA) is 65.3 Å². The average Bonchev–Trinajstić information content (AvgIpc) is 3.12. The highest BCUT2D eigenvalue weighted by atomic mass is 19.1. The van der Waals surface area contributed by atoms with Crippen LogP contribution >= 0.6 is 0 Å². The second-order valence-electron chi connectivity index (χ2n) is 5.77. The van der Waals surface area contributed by atoms with Gasteiger partial charge in [0.1, 0.15) is 11.6 Å². The molecule has 2 amide bonds. The van der Waals surface area contributed by atoms with Crippen molar-refractivity contribution in [1.82, 2.24) is 5.01 Å². The minimum atomic E-state index is -0.968. The van der Waals surface area contributed by atoms with Crippen LogP contribution in [0.1, 0.15) is 5.56 Å². The van der Waals surface area contributed by atoms with Gasteiger partial charge in [-0.3, -0.25) is 14.6 Å². The Labute approximate surface area is 141 Å². The molecule has 126 valence electrons. The Kier molecular flexibility index (Phi) is 3.52. The minimum absolute atomic E-state index is 0.0214. The van der Waals surface area contributed by atoms with Crippen molar-refractivity contribution in [3.05, 3.63) is 65.7 Å². The van der Waals surface area contributed by atoms with E-state index in [9.17, 15) is 18.4 Å². The van der Waals surface area contributed by atoms with E-state index in [1.54, 1.807) is 18.2 Å². The summed E-state index contributed by atoms with van der Waals surface area (Å²) in [6.07, 6.45) is 0. The molecule has 2 unspecified atom stereocenters. The van der Waals surface area contributed by atoms with E-state index in [0.717, 1.165) is 4.90 Å². The van der Waals surface area contributed by atoms with Crippen LogP contribution in [0.4, 0.5) is 14.5 Å². The van der Waals surface area contributed by atoms with E-state index < -0.39 is 35.5 Å². The van der Waals surface area contributed by atoms with Crippen molar-refractivity contribution in [2.24, 2.45) is 10.3 Å². The summed E-state index contributed by atoms with van der Waals surface area (Å²) in [5.74, 6) is -1.93. The van der Waals surface area contributed by atoms with E-state index in [2.05, 4.69) is 10.3 Å². The number of nitrogens with zero attached hydrogens (tertiary/aromatic N) is 4. The van der Waals surface area contributed by atoms with Gasteiger partial charge in [0.15, 0.2) is 12.1 Å². The molecule has 0 saturated carbocycles. The Bertz CT molecular complexity index is 884. The normalized spacial score (nSPS) is 22.0. The SMILES string of the molecule is O=C1C2N=NN(Cc3ccccc3F)C2C(=O)N1c1ccc(F)cc1. The number of halogens is 2. The molecule has 0 N–H and O–H groups in total. The van der Waals surface area contributed by atoms with E-state index in [0.29, 0.717) is 5.56 Å². The van der Waals surface area contributed by atoms with Crippen molar-refractivity contribution in [2.75, 3.05) is 4.90 Å². The number of carbonyl (C=O) groups excluding carboxylic acids is 2. The zero-order valence-electron chi connectivity index (χ0n) is 12.8. The van der Waals surface area contributed by atoms with Gasteiger partial charge < -0.3 is 0 Å². The number of carbonyl (C=O) groups is 2. The first kappa shape index (κ1) is 15.4. The molecule has 0 aliphatic carbocycles. The first-order valence-corrected chi connectivity index (χ1v) is 7.60. The molecule has 2 aromatic carbocycles. The lowest BCUT2D eigenvalue weighted by molar-refractivity contribution is -0.123. The summed E-state index contributed by atoms with van der Waals surface area (Å²) in [5, 5.41) is 9.05. The summed E-state index contributed by atoms with van der Waals surface area (Å²) < 4.78 is 26.9. The number of hydrogen-bond acceptors (Lipinski definition) is 5. The second-order valence-corrected chi connectivity index (χ2v) is 5.77. The van der Waals surface area contributed by atoms with Crippen molar-refractivity contribution in [1.29, 1.82) is 0 Å². The van der Waals surface area contributed by atoms with Crippen LogP contribution in [-0.2, 0) is 16.1 Å². The van der Waals surface area contributed by atoms with Crippen LogP contribution in [0, 0.1) is 11.6 Å². The third-order valence-corrected chi connectivity index (χ3v) is 4.23. The predicted octanol–water partition coefficient (Wildman–Crippen LogP) is 2.46. The summed E-state index contributed by atoms with van der Waals surface area (Å²) in [7, 11) is 0. The average molecular weight is 342 g/mol. The minimum Gasteiger partial charge on any atom is -0.271 e. The predicted molar refractivity (Wildman–Crippen MR) is 83.3 cm³/mol. The molecule has 4 rings (SSSR count). The Balaban J connectivity index is 1.62. The van der Waals surface area contributed by atoms with E-state index >= 15 is 0 Å². The van der Waals surface area contributed by atoms with Crippen LogP contribution < -0.4 is 4.90 Å². The number of benzene rings is 2. The molecule has 1 fully saturated rings. The smallest absolute Gasteiger partial charge is 0.263 e. The maximum atomic E-state index is 13.8. The van der Waals surface area contributed by atoms with E-state index in [1.165, 1.54) is 35.3 Å². The van der Waals surface area contributed by atoms with Crippen LogP contribution in [0.2, 0.25) is 0 Å².